The summed E-state index contributed by atoms with van der Waals surface area (Å²) in [7, 11) is -3.63. The molecule has 2 N–H and O–H groups in total. The first kappa shape index (κ1) is 18.6. The minimum atomic E-state index is -3.63. The maximum atomic E-state index is 12.3. The summed E-state index contributed by atoms with van der Waals surface area (Å²) in [6.45, 7) is 4.87. The zero-order valence-electron chi connectivity index (χ0n) is 12.4. The molecular weight excluding hydrogens is 358 g/mol. The maximum absolute atomic E-state index is 12.3. The molecule has 0 saturated heterocycles. The van der Waals surface area contributed by atoms with Gasteiger partial charge in [0.2, 0.25) is 10.0 Å². The molecular formula is C14H22BrNO4S. The molecule has 0 unspecified atom stereocenters. The number of aliphatic hydroxyl groups is 1. The number of unbranched alkanes of at least 4 members (excludes halogenated alkanes) is 1. The van der Waals surface area contributed by atoms with Gasteiger partial charge in [-0.15, -0.1) is 0 Å². The second-order valence-electron chi connectivity index (χ2n) is 4.75. The van der Waals surface area contributed by atoms with Gasteiger partial charge >= 0.3 is 0 Å². The molecule has 0 atom stereocenters. The Labute approximate surface area is 134 Å². The second kappa shape index (κ2) is 8.85. The highest BCUT2D eigenvalue weighted by Crippen LogP contribution is 2.27. The van der Waals surface area contributed by atoms with E-state index in [1.54, 1.807) is 13.0 Å². The highest BCUT2D eigenvalue weighted by molar-refractivity contribution is 9.10. The van der Waals surface area contributed by atoms with Gasteiger partial charge in [-0.05, 0) is 46.5 Å². The van der Waals surface area contributed by atoms with Gasteiger partial charge in [0, 0.05) is 17.6 Å². The van der Waals surface area contributed by atoms with Crippen molar-refractivity contribution in [3.63, 3.8) is 0 Å². The Bertz CT molecular complexity index is 560. The Morgan fingerprint density at radius 1 is 1.33 bits per heavy atom. The predicted octanol–water partition coefficient (Wildman–Crippen LogP) is 2.34. The molecule has 0 aliphatic rings. The van der Waals surface area contributed by atoms with Crippen molar-refractivity contribution in [1.82, 2.24) is 4.72 Å². The number of aryl methyl sites for hydroxylation is 1. The number of hydrogen-bond donors (Lipinski definition) is 2. The van der Waals surface area contributed by atoms with E-state index in [9.17, 15) is 13.5 Å². The third kappa shape index (κ3) is 5.67. The van der Waals surface area contributed by atoms with Gasteiger partial charge in [0.15, 0.2) is 0 Å². The summed E-state index contributed by atoms with van der Waals surface area (Å²) in [4.78, 5) is 0.139. The fourth-order valence-electron chi connectivity index (χ4n) is 1.77. The molecule has 120 valence electrons. The number of benzene rings is 1. The molecule has 1 aromatic rings. The van der Waals surface area contributed by atoms with Crippen molar-refractivity contribution >= 4 is 26.0 Å². The Hall–Kier alpha value is -0.470. The number of hydrogen-bond acceptors (Lipinski definition) is 4. The van der Waals surface area contributed by atoms with Gasteiger partial charge in [0.25, 0.3) is 0 Å². The van der Waals surface area contributed by atoms with Crippen LogP contribution in [-0.4, -0.2) is 33.3 Å². The Morgan fingerprint density at radius 3 is 2.67 bits per heavy atom. The molecule has 5 nitrogen and oxygen atoms in total. The summed E-state index contributed by atoms with van der Waals surface area (Å²) in [5.41, 5.74) is 1.33. The first-order valence-corrected chi connectivity index (χ1v) is 9.17. The average molecular weight is 380 g/mol. The van der Waals surface area contributed by atoms with Gasteiger partial charge in [-0.2, -0.15) is 0 Å². The van der Waals surface area contributed by atoms with Gasteiger partial charge < -0.3 is 9.84 Å². The number of ether oxygens (including phenoxy) is 1. The number of aliphatic hydroxyl groups excluding tert-OH is 1. The quantitative estimate of drug-likeness (QED) is 0.645. The topological polar surface area (TPSA) is 75.6 Å². The van der Waals surface area contributed by atoms with Crippen LogP contribution in [0, 0.1) is 6.92 Å². The summed E-state index contributed by atoms with van der Waals surface area (Å²) >= 11 is 3.29. The van der Waals surface area contributed by atoms with Crippen molar-refractivity contribution in [1.29, 1.82) is 0 Å². The van der Waals surface area contributed by atoms with E-state index in [-0.39, 0.29) is 18.0 Å². The van der Waals surface area contributed by atoms with Crippen LogP contribution in [0.4, 0.5) is 0 Å². The summed E-state index contributed by atoms with van der Waals surface area (Å²) in [6, 6.07) is 3.22. The van der Waals surface area contributed by atoms with Gasteiger partial charge in [-0.1, -0.05) is 19.4 Å². The van der Waals surface area contributed by atoms with Crippen molar-refractivity contribution in [2.24, 2.45) is 0 Å². The van der Waals surface area contributed by atoms with Crippen LogP contribution in [0.5, 0.6) is 0 Å². The SMILES string of the molecule is CCCCOCCNS(=O)(=O)c1cc(CO)cc(C)c1Br. The fraction of sp³-hybridized carbons (Fsp3) is 0.571. The van der Waals surface area contributed by atoms with E-state index in [1.165, 1.54) is 6.07 Å². The molecule has 1 aromatic carbocycles. The van der Waals surface area contributed by atoms with Crippen LogP contribution in [0.1, 0.15) is 30.9 Å². The average Bonchev–Trinajstić information content (AvgIpc) is 2.45. The molecule has 0 aliphatic heterocycles. The van der Waals surface area contributed by atoms with Crippen LogP contribution in [0.2, 0.25) is 0 Å². The zero-order chi connectivity index (χ0) is 15.9. The van der Waals surface area contributed by atoms with E-state index in [0.29, 0.717) is 23.2 Å². The molecule has 0 aliphatic carbocycles. The first-order valence-electron chi connectivity index (χ1n) is 6.89. The van der Waals surface area contributed by atoms with Crippen molar-refractivity contribution in [2.75, 3.05) is 19.8 Å². The molecule has 21 heavy (non-hydrogen) atoms. The smallest absolute Gasteiger partial charge is 0.241 e. The monoisotopic (exact) mass is 379 g/mol. The highest BCUT2D eigenvalue weighted by Gasteiger charge is 2.19. The molecule has 0 spiro atoms. The third-order valence-corrected chi connectivity index (χ3v) is 5.73. The van der Waals surface area contributed by atoms with E-state index in [4.69, 9.17) is 4.74 Å². The Balaban J connectivity index is 2.72. The van der Waals surface area contributed by atoms with Gasteiger partial charge in [0.1, 0.15) is 0 Å². The largest absolute Gasteiger partial charge is 0.392 e. The number of nitrogens with one attached hydrogen (secondary N) is 1. The van der Waals surface area contributed by atoms with Crippen LogP contribution < -0.4 is 4.72 Å². The molecule has 0 bridgehead atoms. The summed E-state index contributed by atoms with van der Waals surface area (Å²) in [6.07, 6.45) is 2.02. The molecule has 0 saturated carbocycles. The number of sulfonamides is 1. The molecule has 0 aromatic heterocycles. The Kier molecular flexibility index (Phi) is 7.83. The minimum absolute atomic E-state index is 0.139. The molecule has 0 amide bonds. The lowest BCUT2D eigenvalue weighted by Crippen LogP contribution is -2.28. The lowest BCUT2D eigenvalue weighted by molar-refractivity contribution is 0.136. The van der Waals surface area contributed by atoms with Crippen molar-refractivity contribution in [3.05, 3.63) is 27.7 Å². The maximum Gasteiger partial charge on any atom is 0.241 e. The molecule has 0 fully saturated rings. The standard InChI is InChI=1S/C14H22BrNO4S/c1-3-4-6-20-7-5-16-21(18,19)13-9-12(10-17)8-11(2)14(13)15/h8-9,16-17H,3-7,10H2,1-2H3. The van der Waals surface area contributed by atoms with Crippen LogP contribution in [0.3, 0.4) is 0 Å². The zero-order valence-corrected chi connectivity index (χ0v) is 14.8. The van der Waals surface area contributed by atoms with E-state index in [2.05, 4.69) is 27.6 Å². The predicted molar refractivity (Wildman–Crippen MR) is 85.7 cm³/mol. The fourth-order valence-corrected chi connectivity index (χ4v) is 3.85. The third-order valence-electron chi connectivity index (χ3n) is 2.93. The lowest BCUT2D eigenvalue weighted by Gasteiger charge is -2.12. The Morgan fingerprint density at radius 2 is 2.05 bits per heavy atom. The molecule has 1 rings (SSSR count). The van der Waals surface area contributed by atoms with E-state index >= 15 is 0 Å². The van der Waals surface area contributed by atoms with E-state index in [0.717, 1.165) is 18.4 Å². The van der Waals surface area contributed by atoms with Crippen LogP contribution >= 0.6 is 15.9 Å². The second-order valence-corrected chi connectivity index (χ2v) is 7.28. The lowest BCUT2D eigenvalue weighted by atomic mass is 10.1. The van der Waals surface area contributed by atoms with Gasteiger partial charge in [0.05, 0.1) is 18.1 Å². The van der Waals surface area contributed by atoms with Crippen molar-refractivity contribution in [3.8, 4) is 0 Å². The molecule has 0 radical (unpaired) electrons. The van der Waals surface area contributed by atoms with Crippen LogP contribution in [0.15, 0.2) is 21.5 Å². The number of halogens is 1. The summed E-state index contributed by atoms with van der Waals surface area (Å²) in [5, 5.41) is 9.19. The molecule has 0 heterocycles. The minimum Gasteiger partial charge on any atom is -0.392 e. The van der Waals surface area contributed by atoms with Crippen molar-refractivity contribution in [2.45, 2.75) is 38.2 Å². The van der Waals surface area contributed by atoms with Crippen molar-refractivity contribution < 1.29 is 18.3 Å². The first-order chi connectivity index (χ1) is 9.92. The summed E-state index contributed by atoms with van der Waals surface area (Å²) in [5.74, 6) is 0. The van der Waals surface area contributed by atoms with Gasteiger partial charge in [-0.25, -0.2) is 13.1 Å². The molecule has 7 heteroatoms. The van der Waals surface area contributed by atoms with Crippen LogP contribution in [-0.2, 0) is 21.4 Å². The van der Waals surface area contributed by atoms with Crippen LogP contribution in [0.25, 0.3) is 0 Å². The van der Waals surface area contributed by atoms with Gasteiger partial charge in [-0.3, -0.25) is 0 Å². The summed E-state index contributed by atoms with van der Waals surface area (Å²) < 4.78 is 32.9. The highest BCUT2D eigenvalue weighted by atomic mass is 79.9. The van der Waals surface area contributed by atoms with E-state index in [1.807, 2.05) is 0 Å². The normalized spacial score (nSPS) is 11.8. The number of rotatable bonds is 9. The van der Waals surface area contributed by atoms with E-state index < -0.39 is 10.0 Å².